The zero-order chi connectivity index (χ0) is 42.2. The monoisotopic (exact) mass is 819 g/mol. The van der Waals surface area contributed by atoms with Gasteiger partial charge in [-0.15, -0.1) is 0 Å². The molecule has 0 aliphatic rings. The normalized spacial score (nSPS) is 15.3. The number of phosphoric ester groups is 1. The molecule has 2 unspecified atom stereocenters. The fourth-order valence-electron chi connectivity index (χ4n) is 4.75. The maximum Gasteiger partial charge on any atom is 0.472 e. The zero-order valence-electron chi connectivity index (χ0n) is 34.2. The Kier molecular flexibility index (Phi) is 35.5. The van der Waals surface area contributed by atoms with E-state index in [1.165, 1.54) is 0 Å². The number of allylic oxidation sites excluding steroid dienone is 15. The van der Waals surface area contributed by atoms with Gasteiger partial charge in [-0.2, -0.15) is 0 Å². The zero-order valence-corrected chi connectivity index (χ0v) is 35.1. The van der Waals surface area contributed by atoms with Crippen LogP contribution in [0.25, 0.3) is 0 Å². The van der Waals surface area contributed by atoms with Crippen molar-refractivity contribution in [2.45, 2.75) is 141 Å². The van der Waals surface area contributed by atoms with Crippen molar-refractivity contribution < 1.29 is 52.6 Å². The average Bonchev–Trinajstić information content (AvgIpc) is 3.18. The van der Waals surface area contributed by atoms with Crippen molar-refractivity contribution in [1.82, 2.24) is 0 Å². The molecule has 0 saturated heterocycles. The maximum absolute atomic E-state index is 12.6. The predicted molar refractivity (Wildman–Crippen MR) is 227 cm³/mol. The molecular weight excluding hydrogens is 749 g/mol. The lowest BCUT2D eigenvalue weighted by molar-refractivity contribution is -0.161. The van der Waals surface area contributed by atoms with Gasteiger partial charge in [0.1, 0.15) is 12.6 Å². The van der Waals surface area contributed by atoms with Gasteiger partial charge in [0.15, 0.2) is 6.10 Å². The molecule has 0 amide bonds. The number of carbonyl (C=O) groups is 3. The van der Waals surface area contributed by atoms with Crippen molar-refractivity contribution in [2.75, 3.05) is 19.8 Å². The van der Waals surface area contributed by atoms with E-state index >= 15 is 0 Å². The molecule has 0 radical (unpaired) electrons. The van der Waals surface area contributed by atoms with Crippen LogP contribution in [0.2, 0.25) is 0 Å². The van der Waals surface area contributed by atoms with Crippen LogP contribution in [0.1, 0.15) is 123 Å². The Balaban J connectivity index is 4.61. The van der Waals surface area contributed by atoms with Crippen molar-refractivity contribution >= 4 is 25.7 Å². The first-order chi connectivity index (χ1) is 27.5. The van der Waals surface area contributed by atoms with E-state index in [4.69, 9.17) is 24.8 Å². The first-order valence-electron chi connectivity index (χ1n) is 20.4. The highest BCUT2D eigenvalue weighted by Crippen LogP contribution is 2.43. The molecule has 4 atom stereocenters. The molecule has 13 heteroatoms. The van der Waals surface area contributed by atoms with Crippen LogP contribution < -0.4 is 5.73 Å². The Bertz CT molecular complexity index is 1350. The molecule has 322 valence electrons. The lowest BCUT2D eigenvalue weighted by Gasteiger charge is -2.20. The number of aliphatic carboxylic acids is 1. The topological polar surface area (TPSA) is 192 Å². The number of carbonyl (C=O) groups excluding carboxylic acids is 2. The van der Waals surface area contributed by atoms with Crippen molar-refractivity contribution in [3.8, 4) is 0 Å². The van der Waals surface area contributed by atoms with Gasteiger partial charge in [-0.25, -0.2) is 4.57 Å². The van der Waals surface area contributed by atoms with Crippen LogP contribution in [-0.2, 0) is 37.5 Å². The molecule has 0 aromatic rings. The second-order valence-electron chi connectivity index (χ2n) is 13.2. The number of esters is 2. The van der Waals surface area contributed by atoms with Gasteiger partial charge in [-0.3, -0.25) is 23.4 Å². The fraction of sp³-hybridized carbons (Fsp3) is 0.568. The molecule has 0 bridgehead atoms. The third-order valence-electron chi connectivity index (χ3n) is 7.93. The van der Waals surface area contributed by atoms with E-state index in [1.807, 2.05) is 30.4 Å². The van der Waals surface area contributed by atoms with E-state index in [0.29, 0.717) is 25.7 Å². The smallest absolute Gasteiger partial charge is 0.472 e. The largest absolute Gasteiger partial charge is 0.480 e. The number of phosphoric acid groups is 1. The predicted octanol–water partition coefficient (Wildman–Crippen LogP) is 9.47. The lowest BCUT2D eigenvalue weighted by Crippen LogP contribution is -2.34. The van der Waals surface area contributed by atoms with Crippen LogP contribution in [-0.4, -0.2) is 71.1 Å². The molecule has 12 nitrogen and oxygen atoms in total. The Morgan fingerprint density at radius 2 is 1.14 bits per heavy atom. The number of nitrogens with two attached hydrogens (primary N) is 1. The summed E-state index contributed by atoms with van der Waals surface area (Å²) in [5.41, 5.74) is 5.31. The Morgan fingerprint density at radius 3 is 1.74 bits per heavy atom. The summed E-state index contributed by atoms with van der Waals surface area (Å²) in [4.78, 5) is 45.9. The molecule has 0 aromatic heterocycles. The summed E-state index contributed by atoms with van der Waals surface area (Å²) < 4.78 is 32.5. The summed E-state index contributed by atoms with van der Waals surface area (Å²) in [5.74, 6) is -2.56. The van der Waals surface area contributed by atoms with Gasteiger partial charge in [-0.05, 0) is 70.6 Å². The second kappa shape index (κ2) is 37.9. The first-order valence-corrected chi connectivity index (χ1v) is 21.9. The van der Waals surface area contributed by atoms with E-state index in [0.717, 1.165) is 70.6 Å². The van der Waals surface area contributed by atoms with Crippen LogP contribution in [0.3, 0.4) is 0 Å². The van der Waals surface area contributed by atoms with Gasteiger partial charge in [-0.1, -0.05) is 137 Å². The first kappa shape index (κ1) is 53.4. The molecule has 0 heterocycles. The molecular formula is C44H70NO11P. The van der Waals surface area contributed by atoms with E-state index in [-0.39, 0.29) is 12.8 Å². The van der Waals surface area contributed by atoms with Gasteiger partial charge in [0.2, 0.25) is 0 Å². The number of unbranched alkanes of at least 4 members (excludes halogenated alkanes) is 5. The molecule has 0 rings (SSSR count). The van der Waals surface area contributed by atoms with Crippen molar-refractivity contribution in [1.29, 1.82) is 0 Å². The average molecular weight is 820 g/mol. The number of carboxylic acids is 1. The third-order valence-corrected chi connectivity index (χ3v) is 8.88. The van der Waals surface area contributed by atoms with E-state index in [9.17, 15) is 28.9 Å². The highest BCUT2D eigenvalue weighted by atomic mass is 31.2. The van der Waals surface area contributed by atoms with Crippen molar-refractivity contribution in [2.24, 2.45) is 5.73 Å². The minimum Gasteiger partial charge on any atom is -0.480 e. The molecule has 0 aliphatic heterocycles. The summed E-state index contributed by atoms with van der Waals surface area (Å²) in [7, 11) is -4.76. The SMILES string of the molecule is CC/C=C\C/C=C\C/C=C\C/C=C\C/C=C\CCCC(=O)OC[C@H](COP(=O)(O)OC[C@H](N)C(=O)O)OC(=O)CCCCCCCC(O)/C=C/C=C/C/C=C/CC. The lowest BCUT2D eigenvalue weighted by atomic mass is 10.1. The Labute approximate surface area is 341 Å². The highest BCUT2D eigenvalue weighted by molar-refractivity contribution is 7.47. The number of aliphatic hydroxyl groups is 1. The summed E-state index contributed by atoms with van der Waals surface area (Å²) in [5, 5.41) is 19.0. The Morgan fingerprint density at radius 1 is 0.632 bits per heavy atom. The summed E-state index contributed by atoms with van der Waals surface area (Å²) in [6.45, 7) is 2.37. The third kappa shape index (κ3) is 37.7. The van der Waals surface area contributed by atoms with Crippen LogP contribution in [0.5, 0.6) is 0 Å². The van der Waals surface area contributed by atoms with Gasteiger partial charge in [0.05, 0.1) is 19.3 Å². The fourth-order valence-corrected chi connectivity index (χ4v) is 5.53. The highest BCUT2D eigenvalue weighted by Gasteiger charge is 2.28. The number of hydrogen-bond donors (Lipinski definition) is 4. The van der Waals surface area contributed by atoms with Crippen molar-refractivity contribution in [3.63, 3.8) is 0 Å². The number of rotatable bonds is 36. The van der Waals surface area contributed by atoms with Gasteiger partial charge in [0.25, 0.3) is 0 Å². The molecule has 0 spiro atoms. The number of hydrogen-bond acceptors (Lipinski definition) is 10. The molecule has 0 saturated carbocycles. The van der Waals surface area contributed by atoms with E-state index in [1.54, 1.807) is 6.08 Å². The van der Waals surface area contributed by atoms with Crippen LogP contribution in [0, 0.1) is 0 Å². The van der Waals surface area contributed by atoms with Crippen LogP contribution in [0.4, 0.5) is 0 Å². The van der Waals surface area contributed by atoms with Gasteiger partial charge in [0, 0.05) is 12.8 Å². The Hall–Kier alpha value is -3.64. The standard InChI is InChI=1S/C44H70NO11P/c1-3-5-7-9-11-12-13-14-15-16-17-18-19-20-22-26-30-34-42(47)53-36-40(37-54-57(51,52)55-38-41(45)44(49)50)56-43(48)35-31-27-23-25-29-33-39(46)32-28-24-21-10-8-6-4-2/h5-8,11-12,14-15,17-18,20-22,24,28,32,39-41,46H,3-4,9-10,13,16,19,23,25-27,29-31,33-38,45H2,1-2H3,(H,49,50)(H,51,52)/b7-5-,8-6+,12-11-,15-14-,18-17-,22-20-,24-21+,32-28+/t39?,40-,41+/m1/s1. The van der Waals surface area contributed by atoms with Crippen molar-refractivity contribution in [3.05, 3.63) is 97.2 Å². The number of aliphatic hydroxyl groups excluding tert-OH is 1. The summed E-state index contributed by atoms with van der Waals surface area (Å²) in [6.07, 6.45) is 43.6. The van der Waals surface area contributed by atoms with E-state index < -0.39 is 63.8 Å². The molecule has 5 N–H and O–H groups in total. The van der Waals surface area contributed by atoms with E-state index in [2.05, 4.69) is 79.1 Å². The quantitative estimate of drug-likeness (QED) is 0.0154. The summed E-state index contributed by atoms with van der Waals surface area (Å²) in [6, 6.07) is -1.55. The minimum absolute atomic E-state index is 0.0730. The second-order valence-corrected chi connectivity index (χ2v) is 14.7. The molecule has 0 fully saturated rings. The van der Waals surface area contributed by atoms with Gasteiger partial charge >= 0.3 is 25.7 Å². The summed E-state index contributed by atoms with van der Waals surface area (Å²) >= 11 is 0. The molecule has 57 heavy (non-hydrogen) atoms. The van der Waals surface area contributed by atoms with Crippen LogP contribution >= 0.6 is 7.82 Å². The number of ether oxygens (including phenoxy) is 2. The number of carboxylic acid groups (broad SMARTS) is 1. The van der Waals surface area contributed by atoms with Gasteiger partial charge < -0.3 is 30.3 Å². The minimum atomic E-state index is -4.76. The molecule has 0 aromatic carbocycles. The van der Waals surface area contributed by atoms with Crippen LogP contribution in [0.15, 0.2) is 97.2 Å². The maximum atomic E-state index is 12.6. The molecule has 0 aliphatic carbocycles.